The maximum Gasteiger partial charge on any atom is 0.274 e. The molecule has 0 aliphatic carbocycles. The number of amides is 2. The zero-order valence-electron chi connectivity index (χ0n) is 12.8. The Kier molecular flexibility index (Phi) is 3.14. The summed E-state index contributed by atoms with van der Waals surface area (Å²) in [5.41, 5.74) is 2.05. The summed E-state index contributed by atoms with van der Waals surface area (Å²) in [5.74, 6) is 0.167. The average Bonchev–Trinajstić information content (AvgIpc) is 2.95. The van der Waals surface area contributed by atoms with E-state index >= 15 is 0 Å². The van der Waals surface area contributed by atoms with Crippen molar-refractivity contribution in [1.82, 2.24) is 24.6 Å². The zero-order valence-corrected chi connectivity index (χ0v) is 12.8. The van der Waals surface area contributed by atoms with Crippen LogP contribution in [-0.4, -0.2) is 63.1 Å². The molecule has 0 bridgehead atoms. The molecule has 7 nitrogen and oxygen atoms in total. The fourth-order valence-corrected chi connectivity index (χ4v) is 3.06. The summed E-state index contributed by atoms with van der Waals surface area (Å²) in [5, 5.41) is 4.30. The lowest BCUT2D eigenvalue weighted by molar-refractivity contribution is 0.0594. The molecule has 0 radical (unpaired) electrons. The van der Waals surface area contributed by atoms with Gasteiger partial charge in [0.25, 0.3) is 11.8 Å². The molecule has 2 aliphatic heterocycles. The van der Waals surface area contributed by atoms with Crippen LogP contribution < -0.4 is 0 Å². The van der Waals surface area contributed by atoms with Gasteiger partial charge in [0, 0.05) is 51.1 Å². The third kappa shape index (κ3) is 2.28. The number of fused-ring (bicyclic) bond motifs is 1. The Balaban J connectivity index is 1.47. The van der Waals surface area contributed by atoms with Crippen LogP contribution in [-0.2, 0) is 6.54 Å². The van der Waals surface area contributed by atoms with Crippen molar-refractivity contribution >= 4 is 11.8 Å². The van der Waals surface area contributed by atoms with E-state index in [0.717, 1.165) is 0 Å². The van der Waals surface area contributed by atoms with Gasteiger partial charge in [-0.05, 0) is 17.7 Å². The highest BCUT2D eigenvalue weighted by atomic mass is 16.2. The topological polar surface area (TPSA) is 71.3 Å². The second-order valence-electron chi connectivity index (χ2n) is 6.05. The summed E-state index contributed by atoms with van der Waals surface area (Å²) >= 11 is 0. The summed E-state index contributed by atoms with van der Waals surface area (Å²) in [6, 6.07) is 5.58. The molecule has 1 saturated heterocycles. The van der Waals surface area contributed by atoms with Gasteiger partial charge in [0.05, 0.1) is 6.54 Å². The minimum atomic E-state index is -0.104. The number of pyridine rings is 1. The van der Waals surface area contributed by atoms with E-state index in [4.69, 9.17) is 0 Å². The van der Waals surface area contributed by atoms with Gasteiger partial charge >= 0.3 is 0 Å². The molecule has 0 aromatic carbocycles. The first-order valence-electron chi connectivity index (χ1n) is 7.66. The van der Waals surface area contributed by atoms with Crippen LogP contribution >= 0.6 is 0 Å². The molecule has 7 heteroatoms. The number of hydrogen-bond acceptors (Lipinski definition) is 4. The summed E-state index contributed by atoms with van der Waals surface area (Å²) < 4.78 is 1.63. The minimum absolute atomic E-state index is 0.0823. The molecular weight excluding hydrogens is 294 g/mol. The van der Waals surface area contributed by atoms with Gasteiger partial charge in [0.2, 0.25) is 0 Å². The van der Waals surface area contributed by atoms with Crippen molar-refractivity contribution in [3.05, 3.63) is 47.5 Å². The standard InChI is InChI=1S/C16H17N5O2/c1-19-6-7-21-14(16(19)23)8-13(18-21)15(22)20-9-12(10-20)11-2-4-17-5-3-11/h2-5,8,12H,6-7,9-10H2,1H3. The van der Waals surface area contributed by atoms with E-state index in [9.17, 15) is 9.59 Å². The molecule has 4 heterocycles. The molecule has 2 aliphatic rings. The molecule has 2 aromatic rings. The molecule has 4 rings (SSSR count). The average molecular weight is 311 g/mol. The first-order chi connectivity index (χ1) is 11.1. The van der Waals surface area contributed by atoms with Crippen molar-refractivity contribution in [3.63, 3.8) is 0 Å². The van der Waals surface area contributed by atoms with Gasteiger partial charge in [-0.2, -0.15) is 5.10 Å². The molecule has 0 N–H and O–H groups in total. The monoisotopic (exact) mass is 311 g/mol. The number of likely N-dealkylation sites (tertiary alicyclic amines) is 1. The summed E-state index contributed by atoms with van der Waals surface area (Å²) in [6.45, 7) is 2.61. The van der Waals surface area contributed by atoms with Crippen LogP contribution in [0.1, 0.15) is 32.5 Å². The molecule has 2 aromatic heterocycles. The highest BCUT2D eigenvalue weighted by Gasteiger charge is 2.34. The maximum absolute atomic E-state index is 12.5. The number of likely N-dealkylation sites (N-methyl/N-ethyl adjacent to an activating group) is 1. The Labute approximate surface area is 133 Å². The molecule has 118 valence electrons. The van der Waals surface area contributed by atoms with Gasteiger partial charge in [-0.15, -0.1) is 0 Å². The van der Waals surface area contributed by atoms with Crippen molar-refractivity contribution < 1.29 is 9.59 Å². The number of carbonyl (C=O) groups excluding carboxylic acids is 2. The lowest BCUT2D eigenvalue weighted by Crippen LogP contribution is -2.48. The van der Waals surface area contributed by atoms with Crippen LogP contribution in [0.15, 0.2) is 30.6 Å². The van der Waals surface area contributed by atoms with Crippen molar-refractivity contribution in [3.8, 4) is 0 Å². The molecule has 1 fully saturated rings. The van der Waals surface area contributed by atoms with Crippen LogP contribution in [0.5, 0.6) is 0 Å². The third-order valence-corrected chi connectivity index (χ3v) is 4.56. The fraction of sp³-hybridized carbons (Fsp3) is 0.375. The van der Waals surface area contributed by atoms with Gasteiger partial charge < -0.3 is 9.80 Å². The van der Waals surface area contributed by atoms with Gasteiger partial charge in [-0.1, -0.05) is 0 Å². The van der Waals surface area contributed by atoms with E-state index in [2.05, 4.69) is 10.1 Å². The van der Waals surface area contributed by atoms with Crippen molar-refractivity contribution in [2.75, 3.05) is 26.7 Å². The van der Waals surface area contributed by atoms with Crippen LogP contribution in [0, 0.1) is 0 Å². The Bertz CT molecular complexity index is 764. The Morgan fingerprint density at radius 3 is 2.70 bits per heavy atom. The number of aromatic nitrogens is 3. The highest BCUT2D eigenvalue weighted by molar-refractivity contribution is 5.98. The maximum atomic E-state index is 12.5. The number of carbonyl (C=O) groups is 2. The minimum Gasteiger partial charge on any atom is -0.339 e. The van der Waals surface area contributed by atoms with Gasteiger partial charge in [-0.25, -0.2) is 0 Å². The van der Waals surface area contributed by atoms with Crippen LogP contribution in [0.3, 0.4) is 0 Å². The highest BCUT2D eigenvalue weighted by Crippen LogP contribution is 2.28. The van der Waals surface area contributed by atoms with Gasteiger partial charge in [0.1, 0.15) is 5.69 Å². The zero-order chi connectivity index (χ0) is 16.0. The summed E-state index contributed by atoms with van der Waals surface area (Å²) in [6.07, 6.45) is 3.54. The Hall–Kier alpha value is -2.70. The number of rotatable bonds is 2. The van der Waals surface area contributed by atoms with E-state index in [0.29, 0.717) is 43.5 Å². The normalized spacial score (nSPS) is 17.9. The first kappa shape index (κ1) is 13.9. The lowest BCUT2D eigenvalue weighted by atomic mass is 9.92. The van der Waals surface area contributed by atoms with E-state index in [1.807, 2.05) is 12.1 Å². The number of nitrogens with zero attached hydrogens (tertiary/aromatic N) is 5. The van der Waals surface area contributed by atoms with E-state index < -0.39 is 0 Å². The van der Waals surface area contributed by atoms with E-state index in [1.54, 1.807) is 40.0 Å². The predicted octanol–water partition coefficient (Wildman–Crippen LogP) is 0.603. The molecule has 23 heavy (non-hydrogen) atoms. The summed E-state index contributed by atoms with van der Waals surface area (Å²) in [4.78, 5) is 32.0. The van der Waals surface area contributed by atoms with Crippen molar-refractivity contribution in [2.45, 2.75) is 12.5 Å². The summed E-state index contributed by atoms with van der Waals surface area (Å²) in [7, 11) is 1.76. The fourth-order valence-electron chi connectivity index (χ4n) is 3.06. The van der Waals surface area contributed by atoms with Crippen LogP contribution in [0.2, 0.25) is 0 Å². The van der Waals surface area contributed by atoms with Crippen LogP contribution in [0.25, 0.3) is 0 Å². The van der Waals surface area contributed by atoms with Crippen LogP contribution in [0.4, 0.5) is 0 Å². The first-order valence-corrected chi connectivity index (χ1v) is 7.66. The molecule has 0 atom stereocenters. The number of hydrogen-bond donors (Lipinski definition) is 0. The largest absolute Gasteiger partial charge is 0.339 e. The van der Waals surface area contributed by atoms with Crippen molar-refractivity contribution in [2.24, 2.45) is 0 Å². The van der Waals surface area contributed by atoms with E-state index in [1.165, 1.54) is 5.56 Å². The second-order valence-corrected chi connectivity index (χ2v) is 6.05. The van der Waals surface area contributed by atoms with Gasteiger partial charge in [-0.3, -0.25) is 19.3 Å². The Morgan fingerprint density at radius 1 is 1.22 bits per heavy atom. The molecule has 0 spiro atoms. The SMILES string of the molecule is CN1CCn2nc(C(=O)N3CC(c4ccncc4)C3)cc2C1=O. The van der Waals surface area contributed by atoms with Gasteiger partial charge in [0.15, 0.2) is 5.69 Å². The lowest BCUT2D eigenvalue weighted by Gasteiger charge is -2.39. The van der Waals surface area contributed by atoms with Crippen molar-refractivity contribution in [1.29, 1.82) is 0 Å². The quantitative estimate of drug-likeness (QED) is 0.814. The molecule has 0 saturated carbocycles. The Morgan fingerprint density at radius 2 is 1.96 bits per heavy atom. The van der Waals surface area contributed by atoms with E-state index in [-0.39, 0.29) is 11.8 Å². The third-order valence-electron chi connectivity index (χ3n) is 4.56. The predicted molar refractivity (Wildman–Crippen MR) is 82.1 cm³/mol. The second kappa shape index (κ2) is 5.19. The molecule has 0 unspecified atom stereocenters. The smallest absolute Gasteiger partial charge is 0.274 e. The molecular formula is C16H17N5O2. The molecule has 2 amide bonds.